The van der Waals surface area contributed by atoms with Crippen LogP contribution in [0.5, 0.6) is 0 Å². The van der Waals surface area contributed by atoms with Gasteiger partial charge in [0.2, 0.25) is 11.8 Å². The molecule has 0 aliphatic rings. The van der Waals surface area contributed by atoms with E-state index < -0.39 is 0 Å². The van der Waals surface area contributed by atoms with Crippen LogP contribution in [-0.4, -0.2) is 21.1 Å². The number of rotatable bonds is 9. The Labute approximate surface area is 190 Å². The van der Waals surface area contributed by atoms with Gasteiger partial charge in [-0.2, -0.15) is 0 Å². The van der Waals surface area contributed by atoms with Crippen molar-refractivity contribution >= 4 is 34.9 Å². The van der Waals surface area contributed by atoms with Crippen LogP contribution in [-0.2, 0) is 22.7 Å². The van der Waals surface area contributed by atoms with Gasteiger partial charge in [-0.1, -0.05) is 72.8 Å². The van der Waals surface area contributed by atoms with Crippen molar-refractivity contribution in [2.24, 2.45) is 0 Å². The molecule has 2 amide bonds. The third kappa shape index (κ3) is 5.98. The van der Waals surface area contributed by atoms with Crippen molar-refractivity contribution in [2.75, 3.05) is 0 Å². The van der Waals surface area contributed by atoms with Gasteiger partial charge in [0.1, 0.15) is 5.52 Å². The summed E-state index contributed by atoms with van der Waals surface area (Å²) >= 11 is 1.15. The lowest BCUT2D eigenvalue weighted by atomic mass is 10.2. The molecule has 0 radical (unpaired) electrons. The predicted molar refractivity (Wildman–Crippen MR) is 124 cm³/mol. The first kappa shape index (κ1) is 21.6. The summed E-state index contributed by atoms with van der Waals surface area (Å²) in [5.41, 5.74) is 3.41. The van der Waals surface area contributed by atoms with Gasteiger partial charge in [-0.3, -0.25) is 13.9 Å². The first-order chi connectivity index (χ1) is 15.7. The van der Waals surface area contributed by atoms with E-state index in [4.69, 9.17) is 4.42 Å². The molecule has 4 rings (SSSR count). The number of nitrogens with zero attached hydrogens (tertiary/aromatic N) is 2. The van der Waals surface area contributed by atoms with E-state index in [-0.39, 0.29) is 24.7 Å². The Balaban J connectivity index is 1.39. The smallest absolute Gasteiger partial charge is 0.278 e. The van der Waals surface area contributed by atoms with Crippen LogP contribution in [0.4, 0.5) is 0 Å². The second-order valence-electron chi connectivity index (χ2n) is 7.22. The van der Waals surface area contributed by atoms with Gasteiger partial charge in [0.15, 0.2) is 5.58 Å². The third-order valence-electron chi connectivity index (χ3n) is 4.81. The summed E-state index contributed by atoms with van der Waals surface area (Å²) in [7, 11) is 0. The molecule has 7 heteroatoms. The molecular formula is C25H23N3O3S. The molecule has 0 aliphatic carbocycles. The lowest BCUT2D eigenvalue weighted by Crippen LogP contribution is -2.27. The van der Waals surface area contributed by atoms with Crippen molar-refractivity contribution in [3.8, 4) is 0 Å². The summed E-state index contributed by atoms with van der Waals surface area (Å²) in [4.78, 5) is 29.7. The highest BCUT2D eigenvalue weighted by atomic mass is 32.2. The normalized spacial score (nSPS) is 10.8. The number of oxazole rings is 1. The molecule has 6 nitrogen and oxygen atoms in total. The molecule has 0 aliphatic heterocycles. The molecule has 1 heterocycles. The van der Waals surface area contributed by atoms with Crippen molar-refractivity contribution in [3.05, 3.63) is 96.1 Å². The first-order valence-electron chi connectivity index (χ1n) is 10.4. The van der Waals surface area contributed by atoms with Crippen molar-refractivity contribution in [3.63, 3.8) is 0 Å². The van der Waals surface area contributed by atoms with Gasteiger partial charge in [0.25, 0.3) is 5.22 Å². The number of hydrogen-bond acceptors (Lipinski definition) is 5. The van der Waals surface area contributed by atoms with Gasteiger partial charge in [-0.15, -0.1) is 0 Å². The molecule has 4 aromatic rings. The van der Waals surface area contributed by atoms with E-state index in [0.717, 1.165) is 28.6 Å². The molecular weight excluding hydrogens is 422 g/mol. The van der Waals surface area contributed by atoms with Crippen LogP contribution in [0.1, 0.15) is 24.0 Å². The summed E-state index contributed by atoms with van der Waals surface area (Å²) in [5.74, 6) is -0.315. The van der Waals surface area contributed by atoms with E-state index in [1.54, 1.807) is 4.31 Å². The average Bonchev–Trinajstić information content (AvgIpc) is 3.24. The highest BCUT2D eigenvalue weighted by Gasteiger charge is 2.20. The molecule has 3 aromatic carbocycles. The van der Waals surface area contributed by atoms with E-state index in [0.29, 0.717) is 23.9 Å². The van der Waals surface area contributed by atoms with Crippen molar-refractivity contribution in [1.29, 1.82) is 0 Å². The topological polar surface area (TPSA) is 75.4 Å². The molecule has 0 bridgehead atoms. The fourth-order valence-corrected chi connectivity index (χ4v) is 4.00. The zero-order valence-electron chi connectivity index (χ0n) is 17.4. The number of benzene rings is 3. The highest BCUT2D eigenvalue weighted by molar-refractivity contribution is 7.97. The Bertz CT molecular complexity index is 1150. The average molecular weight is 446 g/mol. The van der Waals surface area contributed by atoms with Crippen LogP contribution in [0.25, 0.3) is 11.1 Å². The van der Waals surface area contributed by atoms with E-state index in [1.165, 1.54) is 0 Å². The maximum atomic E-state index is 13.0. The van der Waals surface area contributed by atoms with Gasteiger partial charge in [-0.25, -0.2) is 4.98 Å². The molecule has 32 heavy (non-hydrogen) atoms. The van der Waals surface area contributed by atoms with E-state index >= 15 is 0 Å². The maximum absolute atomic E-state index is 13.0. The number of hydrogen-bond donors (Lipinski definition) is 1. The van der Waals surface area contributed by atoms with Gasteiger partial charge in [-0.05, 0) is 23.3 Å². The van der Waals surface area contributed by atoms with Gasteiger partial charge >= 0.3 is 0 Å². The molecule has 0 unspecified atom stereocenters. The molecule has 0 saturated heterocycles. The number of para-hydroxylation sites is 2. The van der Waals surface area contributed by atoms with Crippen LogP contribution in [0, 0.1) is 0 Å². The number of carbonyl (C=O) groups excluding carboxylic acids is 2. The fourth-order valence-electron chi connectivity index (χ4n) is 3.14. The Morgan fingerprint density at radius 1 is 0.844 bits per heavy atom. The van der Waals surface area contributed by atoms with Crippen molar-refractivity contribution in [2.45, 2.75) is 31.2 Å². The van der Waals surface area contributed by atoms with Crippen LogP contribution in [0.2, 0.25) is 0 Å². The van der Waals surface area contributed by atoms with Crippen molar-refractivity contribution in [1.82, 2.24) is 14.6 Å². The Hall–Kier alpha value is -3.58. The molecule has 162 valence electrons. The quantitative estimate of drug-likeness (QED) is 0.369. The number of aromatic nitrogens is 1. The summed E-state index contributed by atoms with van der Waals surface area (Å²) in [5, 5.41) is 3.26. The largest absolute Gasteiger partial charge is 0.430 e. The predicted octanol–water partition coefficient (Wildman–Crippen LogP) is 4.96. The lowest BCUT2D eigenvalue weighted by molar-refractivity contribution is -0.130. The minimum atomic E-state index is -0.159. The summed E-state index contributed by atoms with van der Waals surface area (Å²) in [6.45, 7) is 0.827. The molecule has 1 N–H and O–H groups in total. The SMILES string of the molecule is O=C(CCC(=O)N(Cc1ccccc1)Sc1nc2ccccc2o1)NCc1ccccc1. The zero-order valence-corrected chi connectivity index (χ0v) is 18.3. The maximum Gasteiger partial charge on any atom is 0.278 e. The van der Waals surface area contributed by atoms with Crippen LogP contribution in [0.3, 0.4) is 0 Å². The zero-order chi connectivity index (χ0) is 22.2. The first-order valence-corrected chi connectivity index (χ1v) is 11.1. The second-order valence-corrected chi connectivity index (χ2v) is 8.19. The fraction of sp³-hybridized carbons (Fsp3) is 0.160. The highest BCUT2D eigenvalue weighted by Crippen LogP contribution is 2.28. The summed E-state index contributed by atoms with van der Waals surface area (Å²) in [6, 6.07) is 26.9. The standard InChI is InChI=1S/C25H23N3O3S/c29-23(26-17-19-9-3-1-4-10-19)15-16-24(30)28(18-20-11-5-2-6-12-20)32-25-27-21-13-7-8-14-22(21)31-25/h1-14H,15-18H2,(H,26,29). The number of nitrogens with one attached hydrogen (secondary N) is 1. The monoisotopic (exact) mass is 445 g/mol. The second kappa shape index (κ2) is 10.6. The molecule has 0 fully saturated rings. The van der Waals surface area contributed by atoms with Crippen LogP contribution < -0.4 is 5.32 Å². The van der Waals surface area contributed by atoms with Gasteiger partial charge in [0, 0.05) is 19.4 Å². The van der Waals surface area contributed by atoms with Gasteiger partial charge in [0.05, 0.1) is 18.5 Å². The van der Waals surface area contributed by atoms with Gasteiger partial charge < -0.3 is 9.73 Å². The van der Waals surface area contributed by atoms with Crippen LogP contribution >= 0.6 is 11.9 Å². The third-order valence-corrected chi connectivity index (χ3v) is 5.69. The van der Waals surface area contributed by atoms with E-state index in [1.807, 2.05) is 84.9 Å². The summed E-state index contributed by atoms with van der Waals surface area (Å²) in [6.07, 6.45) is 0.214. The number of carbonyl (C=O) groups is 2. The Morgan fingerprint density at radius 3 is 2.22 bits per heavy atom. The molecule has 1 aromatic heterocycles. The number of fused-ring (bicyclic) bond motifs is 1. The van der Waals surface area contributed by atoms with Crippen LogP contribution in [0.15, 0.2) is 94.6 Å². The van der Waals surface area contributed by atoms with Crippen molar-refractivity contribution < 1.29 is 14.0 Å². The minimum absolute atomic E-state index is 0.0979. The number of amides is 2. The molecule has 0 saturated carbocycles. The summed E-state index contributed by atoms with van der Waals surface area (Å²) < 4.78 is 7.38. The van der Waals surface area contributed by atoms with E-state index in [9.17, 15) is 9.59 Å². The Morgan fingerprint density at radius 2 is 1.50 bits per heavy atom. The molecule has 0 atom stereocenters. The molecule has 0 spiro atoms. The lowest BCUT2D eigenvalue weighted by Gasteiger charge is -2.19. The minimum Gasteiger partial charge on any atom is -0.430 e. The van der Waals surface area contributed by atoms with E-state index in [2.05, 4.69) is 10.3 Å². The Kier molecular flexibility index (Phi) is 7.19.